The van der Waals surface area contributed by atoms with Gasteiger partial charge in [0.05, 0.1) is 13.2 Å². The van der Waals surface area contributed by atoms with Gasteiger partial charge in [0, 0.05) is 12.1 Å². The third kappa shape index (κ3) is 3.75. The van der Waals surface area contributed by atoms with Gasteiger partial charge in [-0.3, -0.25) is 0 Å². The van der Waals surface area contributed by atoms with Crippen LogP contribution in [0, 0.1) is 11.3 Å². The predicted molar refractivity (Wildman–Crippen MR) is 76.2 cm³/mol. The van der Waals surface area contributed by atoms with Crippen molar-refractivity contribution >= 4 is 5.69 Å². The van der Waals surface area contributed by atoms with Crippen LogP contribution in [-0.4, -0.2) is 13.2 Å². The van der Waals surface area contributed by atoms with Crippen molar-refractivity contribution in [2.75, 3.05) is 12.4 Å². The minimum Gasteiger partial charge on any atom is -0.497 e. The van der Waals surface area contributed by atoms with E-state index >= 15 is 0 Å². The van der Waals surface area contributed by atoms with Crippen molar-refractivity contribution in [3.63, 3.8) is 0 Å². The van der Waals surface area contributed by atoms with E-state index in [9.17, 15) is 5.26 Å². The Bertz CT molecular complexity index is 543. The number of rotatable bonds is 5. The van der Waals surface area contributed by atoms with Gasteiger partial charge in [-0.2, -0.15) is 5.26 Å². The number of anilines is 1. The monoisotopic (exact) mass is 252 g/mol. The highest BCUT2D eigenvalue weighted by molar-refractivity contribution is 5.48. The topological polar surface area (TPSA) is 45.0 Å². The number of nitrogens with zero attached hydrogens (tertiary/aromatic N) is 1. The van der Waals surface area contributed by atoms with Crippen LogP contribution in [-0.2, 0) is 6.42 Å². The van der Waals surface area contributed by atoms with Gasteiger partial charge in [0.1, 0.15) is 11.8 Å². The molecule has 0 saturated heterocycles. The van der Waals surface area contributed by atoms with Crippen molar-refractivity contribution in [1.29, 1.82) is 5.26 Å². The molecule has 1 unspecified atom stereocenters. The first kappa shape index (κ1) is 13.0. The zero-order valence-electron chi connectivity index (χ0n) is 10.8. The van der Waals surface area contributed by atoms with E-state index in [-0.39, 0.29) is 6.04 Å². The van der Waals surface area contributed by atoms with Crippen LogP contribution in [0.4, 0.5) is 5.69 Å². The molecular formula is C16H16N2O. The van der Waals surface area contributed by atoms with E-state index in [1.807, 2.05) is 54.6 Å². The molecule has 0 heterocycles. The lowest BCUT2D eigenvalue weighted by atomic mass is 10.1. The van der Waals surface area contributed by atoms with Crippen molar-refractivity contribution in [2.45, 2.75) is 12.5 Å². The molecule has 96 valence electrons. The van der Waals surface area contributed by atoms with Crippen LogP contribution in [0.25, 0.3) is 0 Å². The molecule has 1 N–H and O–H groups in total. The van der Waals surface area contributed by atoms with Gasteiger partial charge < -0.3 is 10.1 Å². The highest BCUT2D eigenvalue weighted by Crippen LogP contribution is 2.16. The molecule has 3 heteroatoms. The zero-order chi connectivity index (χ0) is 13.5. The van der Waals surface area contributed by atoms with Crippen molar-refractivity contribution in [2.24, 2.45) is 0 Å². The van der Waals surface area contributed by atoms with Crippen LogP contribution in [0.5, 0.6) is 5.75 Å². The molecule has 0 aromatic heterocycles. The average Bonchev–Trinajstić information content (AvgIpc) is 2.48. The molecule has 0 aliphatic rings. The molecular weight excluding hydrogens is 236 g/mol. The second-order valence-corrected chi connectivity index (χ2v) is 4.24. The van der Waals surface area contributed by atoms with Gasteiger partial charge in [0.15, 0.2) is 0 Å². The van der Waals surface area contributed by atoms with Gasteiger partial charge in [0.25, 0.3) is 0 Å². The van der Waals surface area contributed by atoms with Crippen LogP contribution in [0.2, 0.25) is 0 Å². The molecule has 0 saturated carbocycles. The normalized spacial score (nSPS) is 11.4. The number of hydrogen-bond acceptors (Lipinski definition) is 3. The number of benzene rings is 2. The summed E-state index contributed by atoms with van der Waals surface area (Å²) >= 11 is 0. The van der Waals surface area contributed by atoms with Crippen molar-refractivity contribution < 1.29 is 4.74 Å². The van der Waals surface area contributed by atoms with Gasteiger partial charge in [-0.15, -0.1) is 0 Å². The first-order valence-electron chi connectivity index (χ1n) is 6.16. The Morgan fingerprint density at radius 2 is 1.79 bits per heavy atom. The van der Waals surface area contributed by atoms with Gasteiger partial charge in [-0.25, -0.2) is 0 Å². The van der Waals surface area contributed by atoms with Crippen LogP contribution >= 0.6 is 0 Å². The maximum atomic E-state index is 9.21. The van der Waals surface area contributed by atoms with Crippen LogP contribution in [0.15, 0.2) is 54.6 Å². The van der Waals surface area contributed by atoms with E-state index in [4.69, 9.17) is 4.74 Å². The van der Waals surface area contributed by atoms with Gasteiger partial charge >= 0.3 is 0 Å². The summed E-state index contributed by atoms with van der Waals surface area (Å²) in [6.45, 7) is 0. The van der Waals surface area contributed by atoms with Crippen LogP contribution < -0.4 is 10.1 Å². The fourth-order valence-electron chi connectivity index (χ4n) is 1.87. The van der Waals surface area contributed by atoms with E-state index in [2.05, 4.69) is 11.4 Å². The lowest BCUT2D eigenvalue weighted by molar-refractivity contribution is 0.415. The molecule has 19 heavy (non-hydrogen) atoms. The SMILES string of the molecule is COc1ccc(NC(C#N)Cc2ccccc2)cc1. The van der Waals surface area contributed by atoms with Crippen LogP contribution in [0.1, 0.15) is 5.56 Å². The summed E-state index contributed by atoms with van der Waals surface area (Å²) in [5.41, 5.74) is 2.07. The second kappa shape index (κ2) is 6.46. The average molecular weight is 252 g/mol. The number of ether oxygens (including phenoxy) is 1. The molecule has 0 amide bonds. The molecule has 0 spiro atoms. The molecule has 2 rings (SSSR count). The van der Waals surface area contributed by atoms with E-state index in [0.717, 1.165) is 17.0 Å². The molecule has 0 bridgehead atoms. The first-order valence-corrected chi connectivity index (χ1v) is 6.16. The summed E-state index contributed by atoms with van der Waals surface area (Å²) in [6, 6.07) is 19.6. The fourth-order valence-corrected chi connectivity index (χ4v) is 1.87. The molecule has 0 aliphatic carbocycles. The lowest BCUT2D eigenvalue weighted by Crippen LogP contribution is -2.19. The standard InChI is InChI=1S/C16H16N2O/c1-19-16-9-7-14(8-10-16)18-15(12-17)11-13-5-3-2-4-6-13/h2-10,15,18H,11H2,1H3. The Kier molecular flexibility index (Phi) is 4.41. The number of nitrogens with one attached hydrogen (secondary N) is 1. The summed E-state index contributed by atoms with van der Waals surface area (Å²) in [7, 11) is 1.63. The van der Waals surface area contributed by atoms with E-state index in [0.29, 0.717) is 6.42 Å². The molecule has 3 nitrogen and oxygen atoms in total. The first-order chi connectivity index (χ1) is 9.31. The predicted octanol–water partition coefficient (Wildman–Crippen LogP) is 3.24. The molecule has 2 aromatic rings. The summed E-state index contributed by atoms with van der Waals surface area (Å²) in [5.74, 6) is 0.808. The van der Waals surface area contributed by atoms with Gasteiger partial charge in [-0.1, -0.05) is 30.3 Å². The maximum Gasteiger partial charge on any atom is 0.119 e. The fraction of sp³-hybridized carbons (Fsp3) is 0.188. The second-order valence-electron chi connectivity index (χ2n) is 4.24. The molecule has 0 radical (unpaired) electrons. The van der Waals surface area contributed by atoms with Gasteiger partial charge in [-0.05, 0) is 29.8 Å². The summed E-state index contributed by atoms with van der Waals surface area (Å²) < 4.78 is 5.10. The number of methoxy groups -OCH3 is 1. The minimum absolute atomic E-state index is 0.240. The lowest BCUT2D eigenvalue weighted by Gasteiger charge is -2.13. The number of nitriles is 1. The third-order valence-corrected chi connectivity index (χ3v) is 2.87. The minimum atomic E-state index is -0.240. The van der Waals surface area contributed by atoms with Crippen molar-refractivity contribution in [3.8, 4) is 11.8 Å². The smallest absolute Gasteiger partial charge is 0.119 e. The van der Waals surface area contributed by atoms with E-state index in [1.165, 1.54) is 0 Å². The Balaban J connectivity index is 2.01. The zero-order valence-corrected chi connectivity index (χ0v) is 10.8. The van der Waals surface area contributed by atoms with Crippen molar-refractivity contribution in [3.05, 3.63) is 60.2 Å². The highest BCUT2D eigenvalue weighted by Gasteiger charge is 2.08. The number of hydrogen-bond donors (Lipinski definition) is 1. The summed E-state index contributed by atoms with van der Waals surface area (Å²) in [5, 5.41) is 12.4. The largest absolute Gasteiger partial charge is 0.497 e. The molecule has 0 fully saturated rings. The third-order valence-electron chi connectivity index (χ3n) is 2.87. The quantitative estimate of drug-likeness (QED) is 0.888. The van der Waals surface area contributed by atoms with E-state index in [1.54, 1.807) is 7.11 Å². The maximum absolute atomic E-state index is 9.21. The van der Waals surface area contributed by atoms with Crippen molar-refractivity contribution in [1.82, 2.24) is 0 Å². The molecule has 1 atom stereocenters. The van der Waals surface area contributed by atoms with E-state index < -0.39 is 0 Å². The highest BCUT2D eigenvalue weighted by atomic mass is 16.5. The molecule has 2 aromatic carbocycles. The Morgan fingerprint density at radius 1 is 1.11 bits per heavy atom. The summed E-state index contributed by atoms with van der Waals surface area (Å²) in [4.78, 5) is 0. The van der Waals surface area contributed by atoms with Gasteiger partial charge in [0.2, 0.25) is 0 Å². The van der Waals surface area contributed by atoms with Crippen LogP contribution in [0.3, 0.4) is 0 Å². The summed E-state index contributed by atoms with van der Waals surface area (Å²) in [6.07, 6.45) is 0.684. The Hall–Kier alpha value is -2.47. The molecule has 0 aliphatic heterocycles. The Morgan fingerprint density at radius 3 is 2.37 bits per heavy atom. The Labute approximate surface area is 113 Å².